The Bertz CT molecular complexity index is 1350. The maximum absolute atomic E-state index is 14.0. The van der Waals surface area contributed by atoms with Crippen molar-refractivity contribution in [3.63, 3.8) is 0 Å². The molecule has 2 aromatic heterocycles. The summed E-state index contributed by atoms with van der Waals surface area (Å²) in [6, 6.07) is 9.01. The molecule has 1 aliphatic carbocycles. The molecule has 0 saturated heterocycles. The van der Waals surface area contributed by atoms with E-state index in [0.717, 1.165) is 37.7 Å². The minimum atomic E-state index is -0.488. The Morgan fingerprint density at radius 1 is 1.08 bits per heavy atom. The van der Waals surface area contributed by atoms with Crippen LogP contribution in [0.25, 0.3) is 17.0 Å². The molecule has 1 fully saturated rings. The van der Waals surface area contributed by atoms with E-state index in [2.05, 4.69) is 5.10 Å². The fourth-order valence-electron chi connectivity index (χ4n) is 5.27. The zero-order valence-electron chi connectivity index (χ0n) is 20.5. The van der Waals surface area contributed by atoms with Gasteiger partial charge in [0.2, 0.25) is 0 Å². The molecule has 186 valence electrons. The van der Waals surface area contributed by atoms with Gasteiger partial charge in [0.25, 0.3) is 11.6 Å². The molecular formula is C28H29FN4O3. The molecule has 1 aromatic carbocycles. The van der Waals surface area contributed by atoms with Gasteiger partial charge >= 0.3 is 5.91 Å². The van der Waals surface area contributed by atoms with Gasteiger partial charge in [0.1, 0.15) is 11.4 Å². The highest BCUT2D eigenvalue weighted by atomic mass is 19.1. The van der Waals surface area contributed by atoms with Crippen molar-refractivity contribution in [3.8, 4) is 11.6 Å². The summed E-state index contributed by atoms with van der Waals surface area (Å²) in [6.45, 7) is 3.87. The molecule has 0 N–H and O–H groups in total. The molecule has 36 heavy (non-hydrogen) atoms. The van der Waals surface area contributed by atoms with Crippen LogP contribution in [-0.2, 0) is 16.0 Å². The molecule has 0 unspecified atom stereocenters. The molecule has 2 aliphatic rings. The number of hydrogen-bond donors (Lipinski definition) is 0. The number of pyridine rings is 1. The number of aromatic nitrogens is 3. The Labute approximate surface area is 209 Å². The first-order chi connectivity index (χ1) is 17.4. The van der Waals surface area contributed by atoms with Gasteiger partial charge in [-0.05, 0) is 62.4 Å². The summed E-state index contributed by atoms with van der Waals surface area (Å²) in [5.74, 6) is -1.73. The van der Waals surface area contributed by atoms with Crippen LogP contribution < -0.4 is 9.67 Å². The molecule has 3 heterocycles. The number of benzene rings is 1. The molecule has 3 aromatic rings. The van der Waals surface area contributed by atoms with Gasteiger partial charge in [0.05, 0.1) is 11.4 Å². The number of carbonyl (C=O) groups is 2. The monoisotopic (exact) mass is 488 g/mol. The number of imide groups is 1. The quantitative estimate of drug-likeness (QED) is 0.391. The Morgan fingerprint density at radius 3 is 2.47 bits per heavy atom. The lowest BCUT2D eigenvalue weighted by atomic mass is 9.94. The zero-order valence-corrected chi connectivity index (χ0v) is 20.5. The van der Waals surface area contributed by atoms with Crippen LogP contribution in [0.1, 0.15) is 62.3 Å². The standard InChI is InChI=1S/C28H29FN4O3/c1-3-8-22-23(27(35)33(30-22)21-14-12-19(29)13-15-21)24-25(31-16-7-9-18(2)17-31)28(36)32(26(24)34)20-10-5-4-6-11-20/h7,9,12-17,20H,3-6,8,10-11H2,1-2H3. The number of hydrogen-bond acceptors (Lipinski definition) is 4. The summed E-state index contributed by atoms with van der Waals surface area (Å²) in [7, 11) is 0. The molecule has 0 spiro atoms. The van der Waals surface area contributed by atoms with Crippen molar-refractivity contribution < 1.29 is 23.7 Å². The van der Waals surface area contributed by atoms with Gasteiger partial charge in [0.15, 0.2) is 12.4 Å². The number of halogens is 1. The predicted octanol–water partition coefficient (Wildman–Crippen LogP) is 3.70. The van der Waals surface area contributed by atoms with Crippen molar-refractivity contribution in [1.82, 2.24) is 14.7 Å². The van der Waals surface area contributed by atoms with Crippen LogP contribution >= 0.6 is 0 Å². The maximum Gasteiger partial charge on any atom is 0.327 e. The van der Waals surface area contributed by atoms with Gasteiger partial charge in [-0.2, -0.15) is 9.67 Å². The minimum absolute atomic E-state index is 0.1000. The van der Waals surface area contributed by atoms with Crippen LogP contribution in [0.4, 0.5) is 4.39 Å². The number of rotatable bonds is 6. The molecule has 1 saturated carbocycles. The molecule has 0 radical (unpaired) electrons. The van der Waals surface area contributed by atoms with Gasteiger partial charge < -0.3 is 5.11 Å². The first-order valence-corrected chi connectivity index (χ1v) is 12.6. The highest BCUT2D eigenvalue weighted by molar-refractivity contribution is 6.45. The average molecular weight is 489 g/mol. The number of amides is 2. The van der Waals surface area contributed by atoms with Gasteiger partial charge in [-0.25, -0.2) is 9.07 Å². The topological polar surface area (TPSA) is 82.1 Å². The highest BCUT2D eigenvalue weighted by Gasteiger charge is 2.49. The van der Waals surface area contributed by atoms with Crippen molar-refractivity contribution in [2.24, 2.45) is 0 Å². The number of aryl methyl sites for hydroxylation is 2. The number of carbonyl (C=O) groups excluding carboxylic acids is 2. The van der Waals surface area contributed by atoms with E-state index in [-0.39, 0.29) is 28.8 Å². The van der Waals surface area contributed by atoms with Gasteiger partial charge in [-0.1, -0.05) is 32.6 Å². The van der Waals surface area contributed by atoms with Crippen molar-refractivity contribution in [3.05, 3.63) is 71.4 Å². The summed E-state index contributed by atoms with van der Waals surface area (Å²) >= 11 is 0. The third-order valence-corrected chi connectivity index (χ3v) is 6.96. The van der Waals surface area contributed by atoms with E-state index in [0.29, 0.717) is 24.2 Å². The van der Waals surface area contributed by atoms with Crippen LogP contribution in [0.15, 0.2) is 48.8 Å². The lowest BCUT2D eigenvalue weighted by Gasteiger charge is -2.29. The van der Waals surface area contributed by atoms with Crippen LogP contribution in [-0.4, -0.2) is 32.5 Å². The highest BCUT2D eigenvalue weighted by Crippen LogP contribution is 2.39. The van der Waals surface area contributed by atoms with E-state index < -0.39 is 17.6 Å². The Balaban J connectivity index is 1.73. The third kappa shape index (κ3) is 4.10. The predicted molar refractivity (Wildman–Crippen MR) is 130 cm³/mol. The summed E-state index contributed by atoms with van der Waals surface area (Å²) < 4.78 is 16.4. The maximum atomic E-state index is 14.0. The molecule has 5 rings (SSSR count). The fraction of sp³-hybridized carbons (Fsp3) is 0.357. The minimum Gasteiger partial charge on any atom is -0.858 e. The Morgan fingerprint density at radius 2 is 1.81 bits per heavy atom. The second kappa shape index (κ2) is 9.68. The lowest BCUT2D eigenvalue weighted by Crippen LogP contribution is -2.45. The van der Waals surface area contributed by atoms with Gasteiger partial charge in [0, 0.05) is 23.2 Å². The third-order valence-electron chi connectivity index (χ3n) is 6.96. The van der Waals surface area contributed by atoms with Crippen molar-refractivity contribution in [2.45, 2.75) is 64.8 Å². The summed E-state index contributed by atoms with van der Waals surface area (Å²) in [4.78, 5) is 29.2. The van der Waals surface area contributed by atoms with Crippen LogP contribution in [0.5, 0.6) is 5.88 Å². The zero-order chi connectivity index (χ0) is 25.4. The second-order valence-corrected chi connectivity index (χ2v) is 9.55. The summed E-state index contributed by atoms with van der Waals surface area (Å²) in [6.07, 6.45) is 9.20. The van der Waals surface area contributed by atoms with E-state index in [1.165, 1.54) is 33.8 Å². The number of nitrogens with zero attached hydrogens (tertiary/aromatic N) is 4. The van der Waals surface area contributed by atoms with E-state index in [1.807, 2.05) is 26.0 Å². The van der Waals surface area contributed by atoms with Crippen molar-refractivity contribution in [1.29, 1.82) is 0 Å². The summed E-state index contributed by atoms with van der Waals surface area (Å²) in [5.41, 5.74) is 2.21. The molecule has 0 atom stereocenters. The molecule has 7 nitrogen and oxygen atoms in total. The summed E-state index contributed by atoms with van der Waals surface area (Å²) in [5, 5.41) is 18.3. The normalized spacial score (nSPS) is 16.9. The molecule has 2 amide bonds. The van der Waals surface area contributed by atoms with Crippen LogP contribution in [0, 0.1) is 12.7 Å². The van der Waals surface area contributed by atoms with Crippen LogP contribution in [0.2, 0.25) is 0 Å². The molecule has 0 bridgehead atoms. The fourth-order valence-corrected chi connectivity index (χ4v) is 5.27. The van der Waals surface area contributed by atoms with Crippen LogP contribution in [0.3, 0.4) is 0 Å². The second-order valence-electron chi connectivity index (χ2n) is 9.55. The van der Waals surface area contributed by atoms with E-state index in [9.17, 15) is 19.1 Å². The Kier molecular flexibility index (Phi) is 6.43. The molecule has 8 heteroatoms. The van der Waals surface area contributed by atoms with Crippen molar-refractivity contribution >= 4 is 23.1 Å². The van der Waals surface area contributed by atoms with Gasteiger partial charge in [-0.3, -0.25) is 14.5 Å². The average Bonchev–Trinajstić information content (AvgIpc) is 3.32. The van der Waals surface area contributed by atoms with E-state index in [1.54, 1.807) is 17.0 Å². The SMILES string of the molecule is CCCc1nn(-c2ccc(F)cc2)c([O-])c1C1=C([n+]2cccc(C)c2)C(=O)N(C2CCCCC2)C1=O. The Hall–Kier alpha value is -3.81. The first-order valence-electron chi connectivity index (χ1n) is 12.6. The largest absolute Gasteiger partial charge is 0.858 e. The van der Waals surface area contributed by atoms with Gasteiger partial charge in [-0.15, -0.1) is 0 Å². The van der Waals surface area contributed by atoms with E-state index >= 15 is 0 Å². The van der Waals surface area contributed by atoms with Crippen molar-refractivity contribution in [2.75, 3.05) is 0 Å². The lowest BCUT2D eigenvalue weighted by molar-refractivity contribution is -0.577. The first kappa shape index (κ1) is 23.9. The smallest absolute Gasteiger partial charge is 0.327 e. The van der Waals surface area contributed by atoms with E-state index in [4.69, 9.17) is 0 Å². The molecular weight excluding hydrogens is 459 g/mol. The molecule has 1 aliphatic heterocycles.